The van der Waals surface area contributed by atoms with Gasteiger partial charge in [-0.05, 0) is 93.1 Å². The summed E-state index contributed by atoms with van der Waals surface area (Å²) in [6.07, 6.45) is 1.17. The van der Waals surface area contributed by atoms with E-state index < -0.39 is 15.9 Å². The summed E-state index contributed by atoms with van der Waals surface area (Å²) in [5.41, 5.74) is 1.78. The monoisotopic (exact) mass is 656 g/mol. The van der Waals surface area contributed by atoms with E-state index in [1.807, 2.05) is 63.2 Å². The zero-order valence-electron chi connectivity index (χ0n) is 22.7. The molecule has 1 saturated heterocycles. The molecule has 0 bridgehead atoms. The van der Waals surface area contributed by atoms with E-state index in [1.165, 1.54) is 44.9 Å². The molecule has 214 valence electrons. The summed E-state index contributed by atoms with van der Waals surface area (Å²) in [5.74, 6) is 0.299. The molecular weight excluding hydrogens is 628 g/mol. The van der Waals surface area contributed by atoms with Crippen LogP contribution in [0.1, 0.15) is 36.7 Å². The van der Waals surface area contributed by atoms with Crippen LogP contribution in [0.3, 0.4) is 0 Å². The number of halogens is 1. The number of hydrogen-bond donors (Lipinski definition) is 0. The van der Waals surface area contributed by atoms with Crippen molar-refractivity contribution < 1.29 is 22.7 Å². The summed E-state index contributed by atoms with van der Waals surface area (Å²) >= 11 is 4.81. The Hall–Kier alpha value is -3.16. The van der Waals surface area contributed by atoms with Crippen LogP contribution >= 0.6 is 27.3 Å². The quantitative estimate of drug-likeness (QED) is 0.172. The number of benzene rings is 3. The molecule has 41 heavy (non-hydrogen) atoms. The minimum Gasteiger partial charge on any atom is -0.494 e. The van der Waals surface area contributed by atoms with Crippen LogP contribution in [0.15, 0.2) is 81.2 Å². The van der Waals surface area contributed by atoms with Gasteiger partial charge < -0.3 is 9.47 Å². The van der Waals surface area contributed by atoms with Crippen LogP contribution in [0.25, 0.3) is 10.2 Å². The van der Waals surface area contributed by atoms with E-state index in [1.54, 1.807) is 6.21 Å². The largest absolute Gasteiger partial charge is 0.494 e. The van der Waals surface area contributed by atoms with Gasteiger partial charge in [-0.3, -0.25) is 4.79 Å². The summed E-state index contributed by atoms with van der Waals surface area (Å²) in [7, 11) is -3.74. The SMILES string of the molecule is CCOc1ccc(/C=N/N(C(=O)c2ccc(S(=O)(=O)N3CC(C)OC(C)C3)cc2)c2nc3ccc(Br)cc3s2)cc1. The van der Waals surface area contributed by atoms with Gasteiger partial charge in [0.25, 0.3) is 5.91 Å². The molecule has 0 spiro atoms. The van der Waals surface area contributed by atoms with E-state index in [9.17, 15) is 13.2 Å². The second-order valence-corrected chi connectivity index (χ2v) is 13.4. The van der Waals surface area contributed by atoms with Crippen molar-refractivity contribution in [2.24, 2.45) is 5.10 Å². The van der Waals surface area contributed by atoms with Crippen molar-refractivity contribution >= 4 is 64.8 Å². The van der Waals surface area contributed by atoms with Crippen molar-refractivity contribution in [3.05, 3.63) is 82.3 Å². The zero-order valence-corrected chi connectivity index (χ0v) is 25.9. The minimum absolute atomic E-state index is 0.115. The third kappa shape index (κ3) is 6.68. The maximum atomic E-state index is 13.8. The van der Waals surface area contributed by atoms with Gasteiger partial charge in [0.15, 0.2) is 0 Å². The Kier molecular flexibility index (Phi) is 8.85. The molecule has 12 heteroatoms. The first-order chi connectivity index (χ1) is 19.6. The van der Waals surface area contributed by atoms with E-state index in [0.717, 1.165) is 26.0 Å². The van der Waals surface area contributed by atoms with Crippen LogP contribution in [-0.2, 0) is 14.8 Å². The predicted molar refractivity (Wildman–Crippen MR) is 165 cm³/mol. The Morgan fingerprint density at radius 3 is 2.46 bits per heavy atom. The average molecular weight is 658 g/mol. The van der Waals surface area contributed by atoms with E-state index in [4.69, 9.17) is 9.47 Å². The standard InChI is InChI=1S/C29H29BrN4O5S2/c1-4-38-24-10-5-21(6-11-24)16-31-34(29-32-26-14-9-23(30)15-27(26)40-29)28(35)22-7-12-25(13-8-22)41(36,37)33-17-19(2)39-20(3)18-33/h5-16,19-20H,4,17-18H2,1-3H3/b31-16+. The van der Waals surface area contributed by atoms with E-state index in [2.05, 4.69) is 26.0 Å². The number of hydrogen-bond acceptors (Lipinski definition) is 8. The lowest BCUT2D eigenvalue weighted by atomic mass is 10.2. The molecule has 2 heterocycles. The Labute approximate surface area is 251 Å². The average Bonchev–Trinajstić information content (AvgIpc) is 3.36. The lowest BCUT2D eigenvalue weighted by Gasteiger charge is -2.34. The number of morpholine rings is 1. The Balaban J connectivity index is 1.45. The molecule has 0 radical (unpaired) electrons. The molecule has 5 rings (SSSR count). The van der Waals surface area contributed by atoms with Crippen molar-refractivity contribution in [3.8, 4) is 5.75 Å². The fourth-order valence-corrected chi connectivity index (χ4v) is 7.54. The summed E-state index contributed by atoms with van der Waals surface area (Å²) in [4.78, 5) is 18.5. The topological polar surface area (TPSA) is 101 Å². The number of aromatic nitrogens is 1. The Morgan fingerprint density at radius 1 is 1.12 bits per heavy atom. The maximum Gasteiger partial charge on any atom is 0.280 e. The normalized spacial score (nSPS) is 18.1. The molecule has 1 amide bonds. The number of fused-ring (bicyclic) bond motifs is 1. The number of anilines is 1. The number of ether oxygens (including phenoxy) is 2. The van der Waals surface area contributed by atoms with Crippen molar-refractivity contribution in [2.45, 2.75) is 37.9 Å². The number of rotatable bonds is 8. The molecule has 3 aromatic carbocycles. The molecule has 1 aliphatic heterocycles. The van der Waals surface area contributed by atoms with Crippen LogP contribution in [0.4, 0.5) is 5.13 Å². The predicted octanol–water partition coefficient (Wildman–Crippen LogP) is 5.94. The lowest BCUT2D eigenvalue weighted by Crippen LogP contribution is -2.48. The first kappa shape index (κ1) is 29.3. The first-order valence-corrected chi connectivity index (χ1v) is 16.1. The van der Waals surface area contributed by atoms with Gasteiger partial charge in [0.2, 0.25) is 15.2 Å². The van der Waals surface area contributed by atoms with Gasteiger partial charge >= 0.3 is 0 Å². The molecule has 2 atom stereocenters. The van der Waals surface area contributed by atoms with E-state index in [-0.39, 0.29) is 35.8 Å². The third-order valence-corrected chi connectivity index (χ3v) is 9.68. The van der Waals surface area contributed by atoms with Crippen molar-refractivity contribution in [2.75, 3.05) is 24.7 Å². The van der Waals surface area contributed by atoms with Gasteiger partial charge in [-0.25, -0.2) is 13.4 Å². The zero-order chi connectivity index (χ0) is 29.1. The van der Waals surface area contributed by atoms with Gasteiger partial charge in [-0.15, -0.1) is 0 Å². The highest BCUT2D eigenvalue weighted by atomic mass is 79.9. The number of amides is 1. The van der Waals surface area contributed by atoms with Gasteiger partial charge in [0, 0.05) is 23.1 Å². The van der Waals surface area contributed by atoms with Crippen LogP contribution in [0.2, 0.25) is 0 Å². The second-order valence-electron chi connectivity index (χ2n) is 9.58. The molecule has 0 aliphatic carbocycles. The van der Waals surface area contributed by atoms with Crippen LogP contribution in [-0.4, -0.2) is 61.7 Å². The summed E-state index contributed by atoms with van der Waals surface area (Å²) in [6.45, 7) is 6.73. The van der Waals surface area contributed by atoms with Crippen LogP contribution in [0, 0.1) is 0 Å². The number of thiazole rings is 1. The fraction of sp³-hybridized carbons (Fsp3) is 0.276. The molecule has 1 aromatic heterocycles. The van der Waals surface area contributed by atoms with Crippen molar-refractivity contribution in [3.63, 3.8) is 0 Å². The van der Waals surface area contributed by atoms with Crippen molar-refractivity contribution in [1.29, 1.82) is 0 Å². The lowest BCUT2D eigenvalue weighted by molar-refractivity contribution is -0.0440. The molecular formula is C29H29BrN4O5S2. The summed E-state index contributed by atoms with van der Waals surface area (Å²) < 4.78 is 41.0. The smallest absolute Gasteiger partial charge is 0.280 e. The van der Waals surface area contributed by atoms with Gasteiger partial charge in [0.05, 0.1) is 40.1 Å². The highest BCUT2D eigenvalue weighted by Crippen LogP contribution is 2.32. The minimum atomic E-state index is -3.74. The number of nitrogens with zero attached hydrogens (tertiary/aromatic N) is 4. The molecule has 1 fully saturated rings. The molecule has 0 N–H and O–H groups in total. The number of carbonyl (C=O) groups excluding carboxylic acids is 1. The van der Waals surface area contributed by atoms with E-state index >= 15 is 0 Å². The Bertz CT molecular complexity index is 1660. The fourth-order valence-electron chi connectivity index (χ4n) is 4.47. The third-order valence-electron chi connectivity index (χ3n) is 6.35. The molecule has 9 nitrogen and oxygen atoms in total. The van der Waals surface area contributed by atoms with Gasteiger partial charge in [-0.2, -0.15) is 14.4 Å². The van der Waals surface area contributed by atoms with Crippen LogP contribution in [0.5, 0.6) is 5.75 Å². The van der Waals surface area contributed by atoms with Gasteiger partial charge in [0.1, 0.15) is 5.75 Å². The first-order valence-electron chi connectivity index (χ1n) is 13.1. The Morgan fingerprint density at radius 2 is 1.80 bits per heavy atom. The number of carbonyl (C=O) groups is 1. The molecule has 4 aromatic rings. The van der Waals surface area contributed by atoms with E-state index in [0.29, 0.717) is 11.7 Å². The summed E-state index contributed by atoms with van der Waals surface area (Å²) in [5, 5.41) is 6.14. The molecule has 1 aliphatic rings. The summed E-state index contributed by atoms with van der Waals surface area (Å²) in [6, 6.07) is 19.0. The second kappa shape index (κ2) is 12.4. The van der Waals surface area contributed by atoms with Crippen LogP contribution < -0.4 is 9.75 Å². The van der Waals surface area contributed by atoms with Gasteiger partial charge in [-0.1, -0.05) is 27.3 Å². The highest BCUT2D eigenvalue weighted by molar-refractivity contribution is 9.10. The number of hydrazone groups is 1. The number of sulfonamides is 1. The maximum absolute atomic E-state index is 13.8. The van der Waals surface area contributed by atoms with Crippen molar-refractivity contribution in [1.82, 2.24) is 9.29 Å². The molecule has 0 saturated carbocycles. The molecule has 2 unspecified atom stereocenters. The highest BCUT2D eigenvalue weighted by Gasteiger charge is 2.32.